The van der Waals surface area contributed by atoms with Crippen molar-refractivity contribution in [2.24, 2.45) is 0 Å². The molecule has 3 nitrogen and oxygen atoms in total. The lowest BCUT2D eigenvalue weighted by atomic mass is 10.2. The summed E-state index contributed by atoms with van der Waals surface area (Å²) in [6.07, 6.45) is 0. The van der Waals surface area contributed by atoms with Crippen LogP contribution in [-0.4, -0.2) is 37.2 Å². The smallest absolute Gasteiger partial charge is 0.0869 e. The molecule has 0 bridgehead atoms. The van der Waals surface area contributed by atoms with Crippen LogP contribution in [0.4, 0.5) is 0 Å². The first-order valence-corrected chi connectivity index (χ1v) is 3.53. The van der Waals surface area contributed by atoms with E-state index in [4.69, 9.17) is 10.00 Å². The normalized spacial score (nSPS) is 27.8. The van der Waals surface area contributed by atoms with Crippen molar-refractivity contribution in [3.8, 4) is 6.07 Å². The average molecular weight is 140 g/mol. The Hall–Kier alpha value is -0.590. The van der Waals surface area contributed by atoms with Crippen LogP contribution in [0.3, 0.4) is 0 Å². The summed E-state index contributed by atoms with van der Waals surface area (Å²) < 4.78 is 5.21. The standard InChI is InChI=1S/C7H12N2O/c1-7-6-10-5-4-9(7)3-2-8/h7H,3-6H2,1H3/t7-/m1/s1. The fourth-order valence-electron chi connectivity index (χ4n) is 1.09. The van der Waals surface area contributed by atoms with Crippen molar-refractivity contribution in [2.45, 2.75) is 13.0 Å². The van der Waals surface area contributed by atoms with E-state index in [1.54, 1.807) is 0 Å². The Morgan fingerprint density at radius 1 is 1.80 bits per heavy atom. The molecule has 1 fully saturated rings. The van der Waals surface area contributed by atoms with Crippen molar-refractivity contribution in [1.29, 1.82) is 5.26 Å². The van der Waals surface area contributed by atoms with Gasteiger partial charge in [-0.05, 0) is 6.92 Å². The number of nitrogens with zero attached hydrogens (tertiary/aromatic N) is 2. The third-order valence-corrected chi connectivity index (χ3v) is 1.78. The minimum Gasteiger partial charge on any atom is -0.379 e. The molecule has 1 aliphatic rings. The molecule has 0 unspecified atom stereocenters. The van der Waals surface area contributed by atoms with Crippen LogP contribution < -0.4 is 0 Å². The van der Waals surface area contributed by atoms with Crippen LogP contribution in [0.2, 0.25) is 0 Å². The van der Waals surface area contributed by atoms with Crippen LogP contribution in [0.1, 0.15) is 6.92 Å². The van der Waals surface area contributed by atoms with Crippen molar-refractivity contribution in [3.63, 3.8) is 0 Å². The molecular weight excluding hydrogens is 128 g/mol. The molecular formula is C7H12N2O. The van der Waals surface area contributed by atoms with Gasteiger partial charge in [-0.1, -0.05) is 0 Å². The molecule has 0 saturated carbocycles. The van der Waals surface area contributed by atoms with Crippen LogP contribution in [0, 0.1) is 11.3 Å². The van der Waals surface area contributed by atoms with E-state index in [9.17, 15) is 0 Å². The van der Waals surface area contributed by atoms with Gasteiger partial charge in [0.25, 0.3) is 0 Å². The van der Waals surface area contributed by atoms with E-state index in [0.717, 1.165) is 19.8 Å². The van der Waals surface area contributed by atoms with Gasteiger partial charge in [0.2, 0.25) is 0 Å². The molecule has 0 N–H and O–H groups in total. The predicted molar refractivity (Wildman–Crippen MR) is 37.5 cm³/mol. The highest BCUT2D eigenvalue weighted by Gasteiger charge is 2.17. The first kappa shape index (κ1) is 7.52. The maximum atomic E-state index is 8.40. The zero-order valence-electron chi connectivity index (χ0n) is 6.21. The van der Waals surface area contributed by atoms with Gasteiger partial charge in [-0.3, -0.25) is 4.90 Å². The molecule has 1 heterocycles. The van der Waals surface area contributed by atoms with Gasteiger partial charge in [-0.25, -0.2) is 0 Å². The molecule has 1 aliphatic heterocycles. The van der Waals surface area contributed by atoms with Crippen molar-refractivity contribution in [3.05, 3.63) is 0 Å². The van der Waals surface area contributed by atoms with Gasteiger partial charge >= 0.3 is 0 Å². The second kappa shape index (κ2) is 3.55. The minimum atomic E-state index is 0.411. The number of ether oxygens (including phenoxy) is 1. The summed E-state index contributed by atoms with van der Waals surface area (Å²) in [5.74, 6) is 0. The summed E-state index contributed by atoms with van der Waals surface area (Å²) in [4.78, 5) is 2.13. The monoisotopic (exact) mass is 140 g/mol. The summed E-state index contributed by atoms with van der Waals surface area (Å²) in [5, 5.41) is 8.40. The number of hydrogen-bond donors (Lipinski definition) is 0. The number of hydrogen-bond acceptors (Lipinski definition) is 3. The van der Waals surface area contributed by atoms with Gasteiger partial charge in [-0.2, -0.15) is 5.26 Å². The highest BCUT2D eigenvalue weighted by Crippen LogP contribution is 2.03. The lowest BCUT2D eigenvalue weighted by Gasteiger charge is -2.30. The predicted octanol–water partition coefficient (Wildman–Crippen LogP) is 0.231. The zero-order valence-corrected chi connectivity index (χ0v) is 6.21. The van der Waals surface area contributed by atoms with Crippen LogP contribution in [0.5, 0.6) is 0 Å². The Morgan fingerprint density at radius 2 is 2.60 bits per heavy atom. The van der Waals surface area contributed by atoms with E-state index in [-0.39, 0.29) is 0 Å². The SMILES string of the molecule is C[C@@H]1COCCN1CC#N. The Bertz CT molecular complexity index is 141. The van der Waals surface area contributed by atoms with Gasteiger partial charge in [0.15, 0.2) is 0 Å². The fourth-order valence-corrected chi connectivity index (χ4v) is 1.09. The summed E-state index contributed by atoms with van der Waals surface area (Å²) in [6, 6.07) is 2.55. The Labute approximate surface area is 61.2 Å². The molecule has 1 saturated heterocycles. The van der Waals surface area contributed by atoms with Crippen LogP contribution in [-0.2, 0) is 4.74 Å². The fraction of sp³-hybridized carbons (Fsp3) is 0.857. The second-order valence-electron chi connectivity index (χ2n) is 2.55. The molecule has 0 aromatic heterocycles. The lowest BCUT2D eigenvalue weighted by Crippen LogP contribution is -2.43. The van der Waals surface area contributed by atoms with Gasteiger partial charge in [-0.15, -0.1) is 0 Å². The quantitative estimate of drug-likeness (QED) is 0.489. The van der Waals surface area contributed by atoms with Crippen LogP contribution in [0.25, 0.3) is 0 Å². The molecule has 0 aliphatic carbocycles. The molecule has 0 radical (unpaired) electrons. The zero-order chi connectivity index (χ0) is 7.40. The first-order chi connectivity index (χ1) is 4.84. The van der Waals surface area contributed by atoms with Gasteiger partial charge in [0, 0.05) is 12.6 Å². The minimum absolute atomic E-state index is 0.411. The molecule has 1 rings (SSSR count). The maximum absolute atomic E-state index is 8.40. The van der Waals surface area contributed by atoms with E-state index in [1.165, 1.54) is 0 Å². The van der Waals surface area contributed by atoms with Crippen LogP contribution >= 0.6 is 0 Å². The molecule has 0 amide bonds. The number of rotatable bonds is 1. The first-order valence-electron chi connectivity index (χ1n) is 3.53. The molecule has 56 valence electrons. The molecule has 0 spiro atoms. The Kier molecular flexibility index (Phi) is 2.67. The highest BCUT2D eigenvalue weighted by atomic mass is 16.5. The van der Waals surface area contributed by atoms with Crippen molar-refractivity contribution in [1.82, 2.24) is 4.90 Å². The van der Waals surface area contributed by atoms with Crippen molar-refractivity contribution < 1.29 is 4.74 Å². The maximum Gasteiger partial charge on any atom is 0.0869 e. The molecule has 1 atom stereocenters. The van der Waals surface area contributed by atoms with Gasteiger partial charge in [0.1, 0.15) is 0 Å². The molecule has 0 aromatic rings. The van der Waals surface area contributed by atoms with E-state index in [1.807, 2.05) is 0 Å². The summed E-state index contributed by atoms with van der Waals surface area (Å²) >= 11 is 0. The third kappa shape index (κ3) is 1.69. The third-order valence-electron chi connectivity index (χ3n) is 1.78. The topological polar surface area (TPSA) is 36.3 Å². The highest BCUT2D eigenvalue weighted by molar-refractivity contribution is 4.81. The Balaban J connectivity index is 2.34. The van der Waals surface area contributed by atoms with Gasteiger partial charge < -0.3 is 4.74 Å². The van der Waals surface area contributed by atoms with Gasteiger partial charge in [0.05, 0.1) is 25.8 Å². The largest absolute Gasteiger partial charge is 0.379 e. The van der Waals surface area contributed by atoms with E-state index in [0.29, 0.717) is 12.6 Å². The second-order valence-corrected chi connectivity index (χ2v) is 2.55. The molecule has 3 heteroatoms. The number of nitriles is 1. The van der Waals surface area contributed by atoms with Crippen molar-refractivity contribution >= 4 is 0 Å². The van der Waals surface area contributed by atoms with Crippen LogP contribution in [0.15, 0.2) is 0 Å². The summed E-state index contributed by atoms with van der Waals surface area (Å²) in [5.41, 5.74) is 0. The molecule has 0 aromatic carbocycles. The number of morpholine rings is 1. The summed E-state index contributed by atoms with van der Waals surface area (Å²) in [6.45, 7) is 5.05. The lowest BCUT2D eigenvalue weighted by molar-refractivity contribution is 0.00634. The van der Waals surface area contributed by atoms with Crippen molar-refractivity contribution in [2.75, 3.05) is 26.3 Å². The van der Waals surface area contributed by atoms with E-state index in [2.05, 4.69) is 17.9 Å². The Morgan fingerprint density at radius 3 is 3.20 bits per heavy atom. The average Bonchev–Trinajstić information content (AvgIpc) is 1.94. The van der Waals surface area contributed by atoms with E-state index < -0.39 is 0 Å². The van der Waals surface area contributed by atoms with E-state index >= 15 is 0 Å². The summed E-state index contributed by atoms with van der Waals surface area (Å²) in [7, 11) is 0. The molecule has 10 heavy (non-hydrogen) atoms.